The molecule has 5 heteroatoms. The molecule has 0 N–H and O–H groups in total. The monoisotopic (exact) mass is 293 g/mol. The van der Waals surface area contributed by atoms with Crippen molar-refractivity contribution in [2.24, 2.45) is 0 Å². The second-order valence-corrected chi connectivity index (χ2v) is 5.71. The van der Waals surface area contributed by atoms with Crippen LogP contribution in [0.25, 0.3) is 0 Å². The molecule has 106 valence electrons. The van der Waals surface area contributed by atoms with Crippen molar-refractivity contribution >= 4 is 17.1 Å². The Morgan fingerprint density at radius 3 is 2.75 bits per heavy atom. The van der Waals surface area contributed by atoms with Crippen molar-refractivity contribution in [2.75, 3.05) is 0 Å². The Hall–Kier alpha value is -1.75. The Balaban J connectivity index is 2.05. The van der Waals surface area contributed by atoms with E-state index >= 15 is 0 Å². The van der Waals surface area contributed by atoms with E-state index in [1.807, 2.05) is 5.38 Å². The number of Topliss-reactive ketones (excluding diaryl/α,β-unsaturated/α-hetero) is 1. The number of ketones is 1. The molecular weight excluding hydrogens is 277 g/mol. The number of hydrogen-bond donors (Lipinski definition) is 0. The van der Waals surface area contributed by atoms with E-state index in [9.17, 15) is 9.18 Å². The lowest BCUT2D eigenvalue weighted by Crippen LogP contribution is -2.00. The molecule has 0 aliphatic rings. The Bertz CT molecular complexity index is 622. The molecule has 0 spiro atoms. The quantitative estimate of drug-likeness (QED) is 0.776. The summed E-state index contributed by atoms with van der Waals surface area (Å²) in [5, 5.41) is 2.95. The summed E-state index contributed by atoms with van der Waals surface area (Å²) in [5.41, 5.74) is 1.12. The minimum atomic E-state index is -0.531. The average molecular weight is 293 g/mol. The molecule has 0 fully saturated rings. The van der Waals surface area contributed by atoms with Crippen LogP contribution in [-0.2, 0) is 6.61 Å². The molecular formula is C15H16FNO2S. The topological polar surface area (TPSA) is 39.2 Å². The van der Waals surface area contributed by atoms with Gasteiger partial charge in [-0.15, -0.1) is 11.3 Å². The summed E-state index contributed by atoms with van der Waals surface area (Å²) in [4.78, 5) is 15.6. The first-order chi connectivity index (χ1) is 9.47. The Labute approximate surface area is 121 Å². The molecule has 0 atom stereocenters. The van der Waals surface area contributed by atoms with Crippen molar-refractivity contribution in [3.63, 3.8) is 0 Å². The molecule has 0 bridgehead atoms. The zero-order chi connectivity index (χ0) is 14.7. The number of carbonyl (C=O) groups is 1. The molecule has 0 aliphatic carbocycles. The number of benzene rings is 1. The van der Waals surface area contributed by atoms with Gasteiger partial charge in [-0.3, -0.25) is 4.79 Å². The molecule has 0 amide bonds. The van der Waals surface area contributed by atoms with Crippen LogP contribution in [0.1, 0.15) is 47.7 Å². The number of aromatic nitrogens is 1. The zero-order valence-electron chi connectivity index (χ0n) is 11.6. The lowest BCUT2D eigenvalue weighted by Gasteiger charge is -2.06. The molecule has 0 saturated carbocycles. The van der Waals surface area contributed by atoms with Gasteiger partial charge in [0.2, 0.25) is 0 Å². The van der Waals surface area contributed by atoms with Gasteiger partial charge < -0.3 is 4.74 Å². The van der Waals surface area contributed by atoms with Gasteiger partial charge in [-0.05, 0) is 25.1 Å². The molecule has 20 heavy (non-hydrogen) atoms. The third kappa shape index (κ3) is 3.42. The van der Waals surface area contributed by atoms with Crippen molar-refractivity contribution in [3.05, 3.63) is 45.7 Å². The summed E-state index contributed by atoms with van der Waals surface area (Å²) in [6, 6.07) is 4.22. The van der Waals surface area contributed by atoms with Crippen molar-refractivity contribution in [1.82, 2.24) is 4.98 Å². The summed E-state index contributed by atoms with van der Waals surface area (Å²) in [7, 11) is 0. The molecule has 1 aromatic carbocycles. The van der Waals surface area contributed by atoms with E-state index < -0.39 is 5.82 Å². The Morgan fingerprint density at radius 1 is 1.45 bits per heavy atom. The molecule has 0 radical (unpaired) electrons. The first-order valence-corrected chi connectivity index (χ1v) is 7.23. The SMILES string of the molecule is CC(=O)c1ccc(OCc2csc(C(C)C)n2)c(F)c1. The Kier molecular flexibility index (Phi) is 4.49. The minimum Gasteiger partial charge on any atom is -0.484 e. The third-order valence-electron chi connectivity index (χ3n) is 2.78. The van der Waals surface area contributed by atoms with Gasteiger partial charge in [0.05, 0.1) is 10.7 Å². The normalized spacial score (nSPS) is 10.8. The maximum atomic E-state index is 13.8. The van der Waals surface area contributed by atoms with Crippen LogP contribution in [0.5, 0.6) is 5.75 Å². The highest BCUT2D eigenvalue weighted by Crippen LogP contribution is 2.22. The van der Waals surface area contributed by atoms with E-state index in [1.54, 1.807) is 17.4 Å². The third-order valence-corrected chi connectivity index (χ3v) is 3.97. The number of thiazole rings is 1. The standard InChI is InChI=1S/C15H16FNO2S/c1-9(2)15-17-12(8-20-15)7-19-14-5-4-11(10(3)18)6-13(14)16/h4-6,8-9H,7H2,1-3H3. The van der Waals surface area contributed by atoms with Gasteiger partial charge in [0.15, 0.2) is 17.3 Å². The highest BCUT2D eigenvalue weighted by Gasteiger charge is 2.10. The van der Waals surface area contributed by atoms with Crippen LogP contribution < -0.4 is 4.74 Å². The summed E-state index contributed by atoms with van der Waals surface area (Å²) >= 11 is 1.57. The number of hydrogen-bond acceptors (Lipinski definition) is 4. The summed E-state index contributed by atoms with van der Waals surface area (Å²) in [6.45, 7) is 5.77. The molecule has 1 heterocycles. The van der Waals surface area contributed by atoms with Gasteiger partial charge in [-0.25, -0.2) is 9.37 Å². The second-order valence-electron chi connectivity index (χ2n) is 4.82. The van der Waals surface area contributed by atoms with E-state index in [0.29, 0.717) is 11.5 Å². The molecule has 0 aliphatic heterocycles. The van der Waals surface area contributed by atoms with E-state index in [4.69, 9.17) is 4.74 Å². The maximum absolute atomic E-state index is 13.8. The van der Waals surface area contributed by atoms with Crippen molar-refractivity contribution < 1.29 is 13.9 Å². The van der Waals surface area contributed by atoms with Crippen LogP contribution in [0.4, 0.5) is 4.39 Å². The molecule has 0 saturated heterocycles. The van der Waals surface area contributed by atoms with E-state index in [1.165, 1.54) is 19.1 Å². The van der Waals surface area contributed by atoms with Crippen LogP contribution in [0.2, 0.25) is 0 Å². The number of nitrogens with zero attached hydrogens (tertiary/aromatic N) is 1. The smallest absolute Gasteiger partial charge is 0.165 e. The van der Waals surface area contributed by atoms with E-state index in [0.717, 1.165) is 10.7 Å². The largest absolute Gasteiger partial charge is 0.484 e. The van der Waals surface area contributed by atoms with Gasteiger partial charge in [-0.2, -0.15) is 0 Å². The van der Waals surface area contributed by atoms with Gasteiger partial charge in [0, 0.05) is 16.9 Å². The Morgan fingerprint density at radius 2 is 2.20 bits per heavy atom. The maximum Gasteiger partial charge on any atom is 0.165 e. The number of carbonyl (C=O) groups excluding carboxylic acids is 1. The fraction of sp³-hybridized carbons (Fsp3) is 0.333. The molecule has 0 unspecified atom stereocenters. The number of halogens is 1. The van der Waals surface area contributed by atoms with Crippen molar-refractivity contribution in [1.29, 1.82) is 0 Å². The van der Waals surface area contributed by atoms with E-state index in [2.05, 4.69) is 18.8 Å². The highest BCUT2D eigenvalue weighted by molar-refractivity contribution is 7.09. The highest BCUT2D eigenvalue weighted by atomic mass is 32.1. The first kappa shape index (κ1) is 14.7. The summed E-state index contributed by atoms with van der Waals surface area (Å²) in [6.07, 6.45) is 0. The lowest BCUT2D eigenvalue weighted by molar-refractivity contribution is 0.101. The van der Waals surface area contributed by atoms with Crippen LogP contribution in [0, 0.1) is 5.82 Å². The summed E-state index contributed by atoms with van der Waals surface area (Å²) in [5.74, 6) is -0.192. The number of rotatable bonds is 5. The fourth-order valence-electron chi connectivity index (χ4n) is 1.64. The van der Waals surface area contributed by atoms with Gasteiger partial charge in [-0.1, -0.05) is 13.8 Å². The van der Waals surface area contributed by atoms with E-state index in [-0.39, 0.29) is 18.1 Å². The molecule has 2 aromatic rings. The molecule has 3 nitrogen and oxygen atoms in total. The minimum absolute atomic E-state index is 0.133. The predicted octanol–water partition coefficient (Wildman–Crippen LogP) is 4.19. The molecule has 1 aromatic heterocycles. The van der Waals surface area contributed by atoms with Gasteiger partial charge >= 0.3 is 0 Å². The zero-order valence-corrected chi connectivity index (χ0v) is 12.5. The summed E-state index contributed by atoms with van der Waals surface area (Å²) < 4.78 is 19.2. The lowest BCUT2D eigenvalue weighted by atomic mass is 10.1. The number of ether oxygens (including phenoxy) is 1. The van der Waals surface area contributed by atoms with Gasteiger partial charge in [0.1, 0.15) is 6.61 Å². The van der Waals surface area contributed by atoms with Crippen LogP contribution in [0.3, 0.4) is 0 Å². The van der Waals surface area contributed by atoms with Crippen LogP contribution in [0.15, 0.2) is 23.6 Å². The van der Waals surface area contributed by atoms with Crippen molar-refractivity contribution in [2.45, 2.75) is 33.3 Å². The predicted molar refractivity (Wildman–Crippen MR) is 76.9 cm³/mol. The fourth-order valence-corrected chi connectivity index (χ4v) is 2.46. The van der Waals surface area contributed by atoms with Crippen LogP contribution in [-0.4, -0.2) is 10.8 Å². The average Bonchev–Trinajstić information content (AvgIpc) is 2.86. The van der Waals surface area contributed by atoms with Crippen molar-refractivity contribution in [3.8, 4) is 5.75 Å². The van der Waals surface area contributed by atoms with Crippen LogP contribution >= 0.6 is 11.3 Å². The molecule has 2 rings (SSSR count). The second kappa shape index (κ2) is 6.13. The first-order valence-electron chi connectivity index (χ1n) is 6.35. The van der Waals surface area contributed by atoms with Gasteiger partial charge in [0.25, 0.3) is 0 Å².